The van der Waals surface area contributed by atoms with Crippen molar-refractivity contribution in [1.82, 2.24) is 5.32 Å². The van der Waals surface area contributed by atoms with E-state index in [0.29, 0.717) is 18.9 Å². The van der Waals surface area contributed by atoms with Crippen molar-refractivity contribution in [3.63, 3.8) is 0 Å². The van der Waals surface area contributed by atoms with Gasteiger partial charge in [-0.3, -0.25) is 4.79 Å². The first-order valence-corrected chi connectivity index (χ1v) is 8.90. The lowest BCUT2D eigenvalue weighted by molar-refractivity contribution is -0.123. The van der Waals surface area contributed by atoms with Crippen LogP contribution in [-0.2, 0) is 10.2 Å². The number of rotatable bonds is 8. The zero-order valence-electron chi connectivity index (χ0n) is 14.7. The lowest BCUT2D eigenvalue weighted by atomic mass is 9.64. The Labute approximate surface area is 149 Å². The normalized spacial score (nSPS) is 15.1. The second-order valence-electron chi connectivity index (χ2n) is 6.47. The van der Waals surface area contributed by atoms with Gasteiger partial charge in [0, 0.05) is 12.0 Å². The van der Waals surface area contributed by atoms with Crippen molar-refractivity contribution >= 4 is 5.91 Å². The largest absolute Gasteiger partial charge is 0.494 e. The first-order chi connectivity index (χ1) is 12.2. The van der Waals surface area contributed by atoms with E-state index in [2.05, 4.69) is 29.6 Å². The van der Waals surface area contributed by atoms with Crippen molar-refractivity contribution in [2.75, 3.05) is 19.8 Å². The van der Waals surface area contributed by atoms with Crippen LogP contribution in [0.2, 0.25) is 0 Å². The van der Waals surface area contributed by atoms with Gasteiger partial charge in [0.1, 0.15) is 11.5 Å². The number of benzene rings is 2. The Morgan fingerprint density at radius 1 is 1.00 bits per heavy atom. The summed E-state index contributed by atoms with van der Waals surface area (Å²) < 4.78 is 10.9. The lowest BCUT2D eigenvalue weighted by Gasteiger charge is -2.42. The van der Waals surface area contributed by atoms with Crippen molar-refractivity contribution in [1.29, 1.82) is 0 Å². The van der Waals surface area contributed by atoms with Crippen molar-refractivity contribution in [3.8, 4) is 11.5 Å². The molecule has 4 nitrogen and oxygen atoms in total. The molecule has 1 N–H and O–H groups in total. The lowest BCUT2D eigenvalue weighted by Crippen LogP contribution is -2.46. The molecule has 0 spiro atoms. The Morgan fingerprint density at radius 3 is 2.20 bits per heavy atom. The summed E-state index contributed by atoms with van der Waals surface area (Å²) in [5, 5.41) is 3.04. The minimum absolute atomic E-state index is 0.0266. The first kappa shape index (κ1) is 17.3. The number of amides is 1. The van der Waals surface area contributed by atoms with Gasteiger partial charge in [0.05, 0.1) is 6.61 Å². The molecular formula is C21H25NO3. The molecule has 0 saturated heterocycles. The average Bonchev–Trinajstić information content (AvgIpc) is 2.61. The predicted octanol–water partition coefficient (Wildman–Crippen LogP) is 3.70. The molecule has 0 radical (unpaired) electrons. The van der Waals surface area contributed by atoms with E-state index in [9.17, 15) is 4.79 Å². The first-order valence-electron chi connectivity index (χ1n) is 8.90. The number of carbonyl (C=O) groups is 1. The Kier molecular flexibility index (Phi) is 5.59. The average molecular weight is 339 g/mol. The van der Waals surface area contributed by atoms with Gasteiger partial charge in [-0.25, -0.2) is 0 Å². The summed E-state index contributed by atoms with van der Waals surface area (Å²) in [7, 11) is 0. The Bertz CT molecular complexity index is 678. The molecule has 3 rings (SSSR count). The molecule has 25 heavy (non-hydrogen) atoms. The second-order valence-corrected chi connectivity index (χ2v) is 6.47. The van der Waals surface area contributed by atoms with Crippen LogP contribution in [0, 0.1) is 0 Å². The molecule has 132 valence electrons. The third-order valence-electron chi connectivity index (χ3n) is 4.83. The molecule has 2 aromatic rings. The van der Waals surface area contributed by atoms with Crippen LogP contribution in [0.1, 0.15) is 31.7 Å². The van der Waals surface area contributed by atoms with Crippen LogP contribution in [0.3, 0.4) is 0 Å². The van der Waals surface area contributed by atoms with Crippen LogP contribution in [0.25, 0.3) is 0 Å². The van der Waals surface area contributed by atoms with E-state index >= 15 is 0 Å². The van der Waals surface area contributed by atoms with E-state index in [1.807, 2.05) is 37.3 Å². The number of hydrogen-bond acceptors (Lipinski definition) is 3. The maximum Gasteiger partial charge on any atom is 0.257 e. The molecule has 0 heterocycles. The minimum Gasteiger partial charge on any atom is -0.494 e. The zero-order valence-corrected chi connectivity index (χ0v) is 14.7. The highest BCUT2D eigenvalue weighted by Gasteiger charge is 2.38. The highest BCUT2D eigenvalue weighted by atomic mass is 16.5. The molecule has 2 aromatic carbocycles. The molecule has 1 saturated carbocycles. The minimum atomic E-state index is -0.0870. The Morgan fingerprint density at radius 2 is 1.64 bits per heavy atom. The van der Waals surface area contributed by atoms with Gasteiger partial charge in [0.15, 0.2) is 6.61 Å². The highest BCUT2D eigenvalue weighted by Crippen LogP contribution is 2.43. The highest BCUT2D eigenvalue weighted by molar-refractivity contribution is 5.77. The predicted molar refractivity (Wildman–Crippen MR) is 98.1 cm³/mol. The van der Waals surface area contributed by atoms with Crippen LogP contribution in [0.5, 0.6) is 11.5 Å². The Hall–Kier alpha value is -2.49. The number of nitrogens with one attached hydrogen (secondary N) is 1. The fourth-order valence-electron chi connectivity index (χ4n) is 3.23. The fraction of sp³-hybridized carbons (Fsp3) is 0.381. The summed E-state index contributed by atoms with van der Waals surface area (Å²) in [5.74, 6) is 1.38. The van der Waals surface area contributed by atoms with Crippen LogP contribution in [0.15, 0.2) is 54.6 Å². The SMILES string of the molecule is CCOc1ccc(OCC(=O)NCC2(c3ccccc3)CCC2)cc1. The molecule has 4 heteroatoms. The van der Waals surface area contributed by atoms with E-state index in [0.717, 1.165) is 18.6 Å². The van der Waals surface area contributed by atoms with E-state index in [1.54, 1.807) is 0 Å². The third-order valence-corrected chi connectivity index (χ3v) is 4.83. The second kappa shape index (κ2) is 8.06. The molecule has 0 bridgehead atoms. The van der Waals surface area contributed by atoms with Gasteiger partial charge in [0.25, 0.3) is 5.91 Å². The molecular weight excluding hydrogens is 314 g/mol. The van der Waals surface area contributed by atoms with E-state index in [4.69, 9.17) is 9.47 Å². The monoisotopic (exact) mass is 339 g/mol. The molecule has 1 fully saturated rings. The van der Waals surface area contributed by atoms with Crippen LogP contribution in [0.4, 0.5) is 0 Å². The zero-order chi connectivity index (χ0) is 17.5. The molecule has 0 atom stereocenters. The van der Waals surface area contributed by atoms with Crippen molar-refractivity contribution < 1.29 is 14.3 Å². The van der Waals surface area contributed by atoms with Crippen molar-refractivity contribution in [3.05, 3.63) is 60.2 Å². The number of hydrogen-bond donors (Lipinski definition) is 1. The summed E-state index contributed by atoms with van der Waals surface area (Å²) >= 11 is 0. The van der Waals surface area contributed by atoms with Gasteiger partial charge in [-0.1, -0.05) is 36.8 Å². The fourth-order valence-corrected chi connectivity index (χ4v) is 3.23. The maximum atomic E-state index is 12.1. The van der Waals surface area contributed by atoms with E-state index in [-0.39, 0.29) is 17.9 Å². The molecule has 0 unspecified atom stereocenters. The van der Waals surface area contributed by atoms with Gasteiger partial charge >= 0.3 is 0 Å². The molecule has 1 aliphatic carbocycles. The topological polar surface area (TPSA) is 47.6 Å². The van der Waals surface area contributed by atoms with Gasteiger partial charge in [0.2, 0.25) is 0 Å². The van der Waals surface area contributed by atoms with E-state index < -0.39 is 0 Å². The van der Waals surface area contributed by atoms with Crippen molar-refractivity contribution in [2.24, 2.45) is 0 Å². The van der Waals surface area contributed by atoms with Gasteiger partial charge in [-0.2, -0.15) is 0 Å². The van der Waals surface area contributed by atoms with Gasteiger partial charge in [-0.05, 0) is 49.6 Å². The molecule has 0 aromatic heterocycles. The van der Waals surface area contributed by atoms with Crippen LogP contribution >= 0.6 is 0 Å². The van der Waals surface area contributed by atoms with Gasteiger partial charge < -0.3 is 14.8 Å². The summed E-state index contributed by atoms with van der Waals surface area (Å²) in [4.78, 5) is 12.1. The molecule has 1 amide bonds. The number of carbonyl (C=O) groups excluding carboxylic acids is 1. The quantitative estimate of drug-likeness (QED) is 0.798. The third kappa shape index (κ3) is 4.32. The number of ether oxygens (including phenoxy) is 2. The van der Waals surface area contributed by atoms with Crippen LogP contribution in [-0.4, -0.2) is 25.7 Å². The summed E-state index contributed by atoms with van der Waals surface area (Å²) in [6, 6.07) is 17.8. The van der Waals surface area contributed by atoms with Gasteiger partial charge in [-0.15, -0.1) is 0 Å². The van der Waals surface area contributed by atoms with Crippen LogP contribution < -0.4 is 14.8 Å². The summed E-state index contributed by atoms with van der Waals surface area (Å²) in [6.07, 6.45) is 3.46. The standard InChI is InChI=1S/C21H25NO3/c1-2-24-18-9-11-19(12-10-18)25-15-20(23)22-16-21(13-6-14-21)17-7-4-3-5-8-17/h3-5,7-12H,2,6,13-16H2,1H3,(H,22,23). The summed E-state index contributed by atoms with van der Waals surface area (Å²) in [6.45, 7) is 3.27. The van der Waals surface area contributed by atoms with Crippen molar-refractivity contribution in [2.45, 2.75) is 31.6 Å². The molecule has 1 aliphatic rings. The Balaban J connectivity index is 1.48. The smallest absolute Gasteiger partial charge is 0.257 e. The molecule has 0 aliphatic heterocycles. The maximum absolute atomic E-state index is 12.1. The van der Waals surface area contributed by atoms with E-state index in [1.165, 1.54) is 12.0 Å². The summed E-state index contributed by atoms with van der Waals surface area (Å²) in [5.41, 5.74) is 1.41.